The summed E-state index contributed by atoms with van der Waals surface area (Å²) in [7, 11) is -3.14. The zero-order valence-corrected chi connectivity index (χ0v) is 34.2. The lowest BCUT2D eigenvalue weighted by molar-refractivity contribution is -0.671. The molecular weight excluding hydrogens is 753 g/mol. The van der Waals surface area contributed by atoms with E-state index in [2.05, 4.69) is 178 Å². The molecule has 14 heteroatoms. The first kappa shape index (κ1) is 45.2. The van der Waals surface area contributed by atoms with Crippen molar-refractivity contribution in [3.05, 3.63) is 155 Å². The third-order valence-corrected chi connectivity index (χ3v) is 9.22. The molecule has 0 radical (unpaired) electrons. The van der Waals surface area contributed by atoms with Crippen LogP contribution >= 0.6 is 0 Å². The maximum Gasteiger partial charge on any atom is 0.217 e. The number of aryl methyl sites for hydroxylation is 2. The van der Waals surface area contributed by atoms with Crippen molar-refractivity contribution in [1.82, 2.24) is 0 Å². The van der Waals surface area contributed by atoms with Gasteiger partial charge >= 0.3 is 0 Å². The summed E-state index contributed by atoms with van der Waals surface area (Å²) in [6.45, 7) is 8.13. The van der Waals surface area contributed by atoms with E-state index in [1.807, 2.05) is 23.2 Å². The van der Waals surface area contributed by atoms with Gasteiger partial charge in [0, 0.05) is 61.8 Å². The molecule has 0 aliphatic carbocycles. The monoisotopic (exact) mass is 802 g/mol. The fourth-order valence-corrected chi connectivity index (χ4v) is 5.19. The Hall–Kier alpha value is -5.22. The molecule has 2 aromatic heterocycles. The van der Waals surface area contributed by atoms with Gasteiger partial charge in [0.1, 0.15) is 14.1 Å². The predicted octanol–water partition coefficient (Wildman–Crippen LogP) is 5.92. The molecule has 0 fully saturated rings. The van der Waals surface area contributed by atoms with Crippen molar-refractivity contribution in [2.45, 2.75) is 26.9 Å². The van der Waals surface area contributed by atoms with Gasteiger partial charge in [-0.1, -0.05) is 72.8 Å². The number of rotatable bonds is 14. The van der Waals surface area contributed by atoms with Crippen molar-refractivity contribution in [3.8, 4) is 0 Å². The van der Waals surface area contributed by atoms with Crippen LogP contribution in [0, 0.1) is 0 Å². The third kappa shape index (κ3) is 17.1. The Kier molecular flexibility index (Phi) is 18.0. The van der Waals surface area contributed by atoms with Crippen LogP contribution in [-0.4, -0.2) is 53.3 Å². The number of benzene rings is 3. The topological polar surface area (TPSA) is 147 Å². The molecular formula is C42H50N4O8S2. The lowest BCUT2D eigenvalue weighted by Crippen LogP contribution is -2.25. The van der Waals surface area contributed by atoms with Crippen LogP contribution in [0.2, 0.25) is 0 Å². The highest BCUT2D eigenvalue weighted by Crippen LogP contribution is 2.22. The van der Waals surface area contributed by atoms with Gasteiger partial charge in [-0.05, 0) is 71.5 Å². The average molecular weight is 803 g/mol. The first-order chi connectivity index (χ1) is 26.6. The van der Waals surface area contributed by atoms with Crippen LogP contribution < -0.4 is 18.9 Å². The first-order valence-corrected chi connectivity index (χ1v) is 20.4. The summed E-state index contributed by atoms with van der Waals surface area (Å²) in [5, 5.41) is 0. The molecule has 0 atom stereocenters. The van der Waals surface area contributed by atoms with Gasteiger partial charge in [-0.3, -0.25) is 8.37 Å². The molecule has 5 aromatic rings. The van der Waals surface area contributed by atoms with Gasteiger partial charge in [0.15, 0.2) is 24.8 Å². The van der Waals surface area contributed by atoms with Gasteiger partial charge in [0.2, 0.25) is 20.8 Å². The average Bonchev–Trinajstić information content (AvgIpc) is 3.19. The van der Waals surface area contributed by atoms with Crippen molar-refractivity contribution in [2.75, 3.05) is 37.1 Å². The highest BCUT2D eigenvalue weighted by molar-refractivity contribution is 7.81. The second kappa shape index (κ2) is 22.4. The van der Waals surface area contributed by atoms with Gasteiger partial charge in [-0.2, -0.15) is 0 Å². The minimum absolute atomic E-state index is 0.808. The van der Waals surface area contributed by atoms with Crippen LogP contribution in [0.5, 0.6) is 0 Å². The molecule has 0 bridgehead atoms. The van der Waals surface area contributed by atoms with E-state index in [0.29, 0.717) is 0 Å². The number of hydrogen-bond donors (Lipinski definition) is 0. The molecule has 0 spiro atoms. The highest BCUT2D eigenvalue weighted by atomic mass is 32.3. The Morgan fingerprint density at radius 1 is 0.500 bits per heavy atom. The third-order valence-electron chi connectivity index (χ3n) is 8.40. The summed E-state index contributed by atoms with van der Waals surface area (Å²) in [5.41, 5.74) is 9.94. The van der Waals surface area contributed by atoms with Crippen LogP contribution in [0.3, 0.4) is 0 Å². The van der Waals surface area contributed by atoms with Crippen molar-refractivity contribution in [3.63, 3.8) is 0 Å². The molecule has 0 saturated heterocycles. The summed E-state index contributed by atoms with van der Waals surface area (Å²) in [6.07, 6.45) is 16.9. The van der Waals surface area contributed by atoms with E-state index < -0.39 is 20.8 Å². The van der Waals surface area contributed by atoms with E-state index in [-0.39, 0.29) is 0 Å². The van der Waals surface area contributed by atoms with E-state index in [9.17, 15) is 25.9 Å². The molecule has 0 unspecified atom stereocenters. The molecule has 3 aromatic carbocycles. The highest BCUT2D eigenvalue weighted by Gasteiger charge is 2.08. The normalized spacial score (nSPS) is 11.4. The molecule has 56 heavy (non-hydrogen) atoms. The fraction of sp³-hybridized carbons (Fsp3) is 0.238. The van der Waals surface area contributed by atoms with Gasteiger partial charge in [0.05, 0.1) is 14.2 Å². The number of hydrogen-bond acceptors (Lipinski definition) is 10. The van der Waals surface area contributed by atoms with Crippen molar-refractivity contribution >= 4 is 56.5 Å². The lowest BCUT2D eigenvalue weighted by atomic mass is 10.1. The van der Waals surface area contributed by atoms with E-state index in [1.54, 1.807) is 0 Å². The molecule has 298 valence electrons. The standard InChI is InChI=1S/C40H44N4.2CH4O4S/c1-5-43(39-19-15-33(16-20-39)7-9-35-23-27-41(3)28-24-35)31-37-11-13-38(14-12-37)32-44(6-2)40-21-17-34(18-22-40)8-10-36-25-29-42(4)30-26-36;2*1-5-6(2,3)4/h7-30H,5-6,31-32H2,1-4H3;2*1H3,(H,2,3,4)/q+2;;/p-2. The summed E-state index contributed by atoms with van der Waals surface area (Å²) in [6, 6.07) is 35.3. The smallest absolute Gasteiger partial charge is 0.217 e. The lowest BCUT2D eigenvalue weighted by Gasteiger charge is -2.25. The Balaban J connectivity index is 0.000000609. The molecule has 5 rings (SSSR count). The second-order valence-corrected chi connectivity index (χ2v) is 14.7. The Bertz CT molecular complexity index is 2030. The number of pyridine rings is 2. The van der Waals surface area contributed by atoms with Gasteiger partial charge < -0.3 is 18.9 Å². The minimum atomic E-state index is -4.41. The Morgan fingerprint density at radius 2 is 0.750 bits per heavy atom. The summed E-state index contributed by atoms with van der Waals surface area (Å²) < 4.78 is 66.1. The van der Waals surface area contributed by atoms with Crippen molar-refractivity contribution < 1.29 is 43.4 Å². The molecule has 0 amide bonds. The van der Waals surface area contributed by atoms with Gasteiger partial charge in [-0.25, -0.2) is 26.0 Å². The largest absolute Gasteiger partial charge is 0.726 e. The zero-order chi connectivity index (χ0) is 41.1. The number of anilines is 2. The summed E-state index contributed by atoms with van der Waals surface area (Å²) in [5.74, 6) is 0. The summed E-state index contributed by atoms with van der Waals surface area (Å²) in [4.78, 5) is 4.84. The van der Waals surface area contributed by atoms with Crippen LogP contribution in [0.15, 0.2) is 122 Å². The molecule has 0 aliphatic rings. The molecule has 12 nitrogen and oxygen atoms in total. The van der Waals surface area contributed by atoms with Crippen molar-refractivity contribution in [2.24, 2.45) is 14.1 Å². The SMILES string of the molecule is CCN(Cc1ccc(CN(CC)c2ccc(C=Cc3cc[n+](C)cc3)cc2)cc1)c1ccc(C=Cc2cc[n+](C)cc2)cc1.COS(=O)(=O)[O-].COS(=O)(=O)[O-]. The molecule has 0 N–H and O–H groups in total. The summed E-state index contributed by atoms with van der Waals surface area (Å²) >= 11 is 0. The van der Waals surface area contributed by atoms with Crippen LogP contribution in [0.1, 0.15) is 47.2 Å². The minimum Gasteiger partial charge on any atom is -0.726 e. The van der Waals surface area contributed by atoms with Gasteiger partial charge in [-0.15, -0.1) is 0 Å². The number of aromatic nitrogens is 2. The maximum atomic E-state index is 9.22. The first-order valence-electron chi connectivity index (χ1n) is 17.7. The van der Waals surface area contributed by atoms with Crippen LogP contribution in [-0.2, 0) is 56.3 Å². The fourth-order valence-electron chi connectivity index (χ4n) is 5.19. The van der Waals surface area contributed by atoms with E-state index in [1.165, 1.54) is 44.8 Å². The van der Waals surface area contributed by atoms with Crippen LogP contribution in [0.4, 0.5) is 11.4 Å². The molecule has 0 aliphatic heterocycles. The predicted molar refractivity (Wildman–Crippen MR) is 219 cm³/mol. The van der Waals surface area contributed by atoms with Gasteiger partial charge in [0.25, 0.3) is 0 Å². The van der Waals surface area contributed by atoms with E-state index in [4.69, 9.17) is 0 Å². The van der Waals surface area contributed by atoms with E-state index in [0.717, 1.165) is 40.4 Å². The Morgan fingerprint density at radius 3 is 0.982 bits per heavy atom. The maximum absolute atomic E-state index is 9.22. The quantitative estimate of drug-likeness (QED) is 0.0754. The Labute approximate surface area is 332 Å². The van der Waals surface area contributed by atoms with Crippen molar-refractivity contribution in [1.29, 1.82) is 0 Å². The van der Waals surface area contributed by atoms with Crippen LogP contribution in [0.25, 0.3) is 24.3 Å². The number of nitrogens with zero attached hydrogens (tertiary/aromatic N) is 4. The zero-order valence-electron chi connectivity index (χ0n) is 32.6. The molecule has 0 saturated carbocycles. The second-order valence-electron chi connectivity index (χ2n) is 12.4. The van der Waals surface area contributed by atoms with E-state index >= 15 is 0 Å². The molecule has 2 heterocycles.